The van der Waals surface area contributed by atoms with E-state index in [1.165, 1.54) is 23.9 Å². The second-order valence-electron chi connectivity index (χ2n) is 6.74. The number of carbonyl (C=O) groups excluding carboxylic acids is 1. The lowest BCUT2D eigenvalue weighted by molar-refractivity contribution is -0.113. The first kappa shape index (κ1) is 23.5. The Bertz CT molecular complexity index is 1160. The Morgan fingerprint density at radius 1 is 0.935 bits per heavy atom. The van der Waals surface area contributed by atoms with Crippen molar-refractivity contribution in [2.24, 2.45) is 0 Å². The molecule has 0 saturated carbocycles. The Labute approximate surface area is 196 Å². The molecule has 3 aromatic carbocycles. The van der Waals surface area contributed by atoms with E-state index in [0.29, 0.717) is 27.2 Å². The van der Waals surface area contributed by atoms with E-state index in [9.17, 15) is 13.2 Å². The molecular weight excluding hydrogens is 475 g/mol. The highest BCUT2D eigenvalue weighted by Crippen LogP contribution is 2.28. The monoisotopic (exact) mass is 494 g/mol. The van der Waals surface area contributed by atoms with Gasteiger partial charge in [0, 0.05) is 27.2 Å². The van der Waals surface area contributed by atoms with E-state index in [1.807, 2.05) is 13.0 Å². The van der Waals surface area contributed by atoms with Crippen LogP contribution in [0.25, 0.3) is 0 Å². The van der Waals surface area contributed by atoms with Crippen molar-refractivity contribution in [3.63, 3.8) is 0 Å². The van der Waals surface area contributed by atoms with Crippen molar-refractivity contribution in [2.75, 3.05) is 15.8 Å². The number of carbonyl (C=O) groups is 1. The van der Waals surface area contributed by atoms with Crippen LogP contribution in [-0.4, -0.2) is 20.1 Å². The van der Waals surface area contributed by atoms with Crippen LogP contribution in [0.4, 0.5) is 11.4 Å². The molecule has 0 bridgehead atoms. The van der Waals surface area contributed by atoms with Crippen LogP contribution in [0.2, 0.25) is 10.0 Å². The number of halogens is 2. The number of benzene rings is 3. The molecule has 1 amide bonds. The summed E-state index contributed by atoms with van der Waals surface area (Å²) in [6, 6.07) is 18.4. The van der Waals surface area contributed by atoms with Crippen LogP contribution in [-0.2, 0) is 20.6 Å². The van der Waals surface area contributed by atoms with Gasteiger partial charge in [0.05, 0.1) is 10.6 Å². The quantitative estimate of drug-likeness (QED) is 0.404. The summed E-state index contributed by atoms with van der Waals surface area (Å²) in [7, 11) is -3.72. The summed E-state index contributed by atoms with van der Waals surface area (Å²) in [6.45, 7) is 1.89. The van der Waals surface area contributed by atoms with Gasteiger partial charge >= 0.3 is 0 Å². The molecule has 0 aromatic heterocycles. The molecule has 0 atom stereocenters. The molecule has 0 fully saturated rings. The number of sulfonamides is 1. The van der Waals surface area contributed by atoms with Crippen molar-refractivity contribution in [1.82, 2.24) is 0 Å². The highest BCUT2D eigenvalue weighted by atomic mass is 35.5. The predicted molar refractivity (Wildman–Crippen MR) is 130 cm³/mol. The topological polar surface area (TPSA) is 75.3 Å². The van der Waals surface area contributed by atoms with Crippen LogP contribution in [0.5, 0.6) is 0 Å². The fourth-order valence-electron chi connectivity index (χ4n) is 2.75. The molecule has 0 aliphatic rings. The number of nitrogens with one attached hydrogen (secondary N) is 2. The summed E-state index contributed by atoms with van der Waals surface area (Å²) >= 11 is 13.6. The second-order valence-corrected chi connectivity index (χ2v) is 10.2. The molecule has 0 saturated heterocycles. The van der Waals surface area contributed by atoms with Crippen molar-refractivity contribution >= 4 is 62.3 Å². The SMILES string of the molecule is Cc1cccc(NS(=O)(=O)c2ccc(NC(=O)CSCc3c(Cl)cccc3Cl)cc2)c1. The van der Waals surface area contributed by atoms with Crippen molar-refractivity contribution in [3.8, 4) is 0 Å². The van der Waals surface area contributed by atoms with Crippen LogP contribution < -0.4 is 10.0 Å². The normalized spacial score (nSPS) is 11.2. The zero-order chi connectivity index (χ0) is 22.4. The predicted octanol–water partition coefficient (Wildman–Crippen LogP) is 5.97. The van der Waals surface area contributed by atoms with Gasteiger partial charge < -0.3 is 5.32 Å². The summed E-state index contributed by atoms with van der Waals surface area (Å²) in [5, 5.41) is 3.88. The average molecular weight is 495 g/mol. The summed E-state index contributed by atoms with van der Waals surface area (Å²) in [6.07, 6.45) is 0. The Kier molecular flexibility index (Phi) is 7.89. The molecule has 3 aromatic rings. The fraction of sp³-hybridized carbons (Fsp3) is 0.136. The first-order valence-corrected chi connectivity index (χ1v) is 12.6. The van der Waals surface area contributed by atoms with Gasteiger partial charge in [0.25, 0.3) is 10.0 Å². The van der Waals surface area contributed by atoms with E-state index in [2.05, 4.69) is 10.0 Å². The molecule has 9 heteroatoms. The standard InChI is InChI=1S/C22H20Cl2N2O3S2/c1-15-4-2-5-17(12-15)26-31(28,29)18-10-8-16(9-11-18)25-22(27)14-30-13-19-20(23)6-3-7-21(19)24/h2-12,26H,13-14H2,1H3,(H,25,27). The van der Waals surface area contributed by atoms with E-state index in [1.54, 1.807) is 48.5 Å². The smallest absolute Gasteiger partial charge is 0.261 e. The molecular formula is C22H20Cl2N2O3S2. The molecule has 0 aliphatic heterocycles. The number of thioether (sulfide) groups is 1. The second kappa shape index (κ2) is 10.4. The Hall–Kier alpha value is -2.19. The van der Waals surface area contributed by atoms with Gasteiger partial charge in [0.2, 0.25) is 5.91 Å². The molecule has 5 nitrogen and oxygen atoms in total. The van der Waals surface area contributed by atoms with Gasteiger partial charge in [0.1, 0.15) is 0 Å². The van der Waals surface area contributed by atoms with Crippen molar-refractivity contribution in [1.29, 1.82) is 0 Å². The highest BCUT2D eigenvalue weighted by Gasteiger charge is 2.14. The lowest BCUT2D eigenvalue weighted by Gasteiger charge is -2.10. The van der Waals surface area contributed by atoms with Crippen LogP contribution in [0, 0.1) is 6.92 Å². The largest absolute Gasteiger partial charge is 0.325 e. The molecule has 0 unspecified atom stereocenters. The van der Waals surface area contributed by atoms with E-state index in [4.69, 9.17) is 23.2 Å². The average Bonchev–Trinajstić information content (AvgIpc) is 2.70. The molecule has 0 aliphatic carbocycles. The van der Waals surface area contributed by atoms with E-state index in [-0.39, 0.29) is 16.6 Å². The van der Waals surface area contributed by atoms with Crippen LogP contribution in [0.15, 0.2) is 71.6 Å². The number of rotatable bonds is 8. The van der Waals surface area contributed by atoms with Crippen LogP contribution >= 0.6 is 35.0 Å². The van der Waals surface area contributed by atoms with Gasteiger partial charge in [-0.2, -0.15) is 0 Å². The maximum absolute atomic E-state index is 12.6. The lowest BCUT2D eigenvalue weighted by atomic mass is 10.2. The van der Waals surface area contributed by atoms with Crippen molar-refractivity contribution in [2.45, 2.75) is 17.6 Å². The number of amides is 1. The zero-order valence-corrected chi connectivity index (χ0v) is 19.7. The van der Waals surface area contributed by atoms with Crippen molar-refractivity contribution < 1.29 is 13.2 Å². The molecule has 162 valence electrons. The third-order valence-electron chi connectivity index (χ3n) is 4.26. The Morgan fingerprint density at radius 3 is 2.23 bits per heavy atom. The van der Waals surface area contributed by atoms with Gasteiger partial charge in [-0.05, 0) is 66.6 Å². The first-order valence-electron chi connectivity index (χ1n) is 9.24. The first-order chi connectivity index (χ1) is 14.7. The van der Waals surface area contributed by atoms with E-state index >= 15 is 0 Å². The maximum atomic E-state index is 12.6. The van der Waals surface area contributed by atoms with Crippen LogP contribution in [0.3, 0.4) is 0 Å². The van der Waals surface area contributed by atoms with Crippen LogP contribution in [0.1, 0.15) is 11.1 Å². The Morgan fingerprint density at radius 2 is 1.58 bits per heavy atom. The third-order valence-corrected chi connectivity index (χ3v) is 7.32. The highest BCUT2D eigenvalue weighted by molar-refractivity contribution is 7.99. The minimum absolute atomic E-state index is 0.106. The summed E-state index contributed by atoms with van der Waals surface area (Å²) < 4.78 is 27.7. The minimum Gasteiger partial charge on any atom is -0.325 e. The molecule has 0 radical (unpaired) electrons. The molecule has 0 heterocycles. The zero-order valence-electron chi connectivity index (χ0n) is 16.6. The molecule has 0 spiro atoms. The van der Waals surface area contributed by atoms with Gasteiger partial charge in [-0.1, -0.05) is 41.4 Å². The number of anilines is 2. The maximum Gasteiger partial charge on any atom is 0.261 e. The van der Waals surface area contributed by atoms with Gasteiger partial charge in [-0.15, -0.1) is 11.8 Å². The van der Waals surface area contributed by atoms with Gasteiger partial charge in [-0.3, -0.25) is 9.52 Å². The third kappa shape index (κ3) is 6.64. The summed E-state index contributed by atoms with van der Waals surface area (Å²) in [5.74, 6) is 0.506. The lowest BCUT2D eigenvalue weighted by Crippen LogP contribution is -2.15. The van der Waals surface area contributed by atoms with E-state index in [0.717, 1.165) is 11.1 Å². The Balaban J connectivity index is 1.55. The van der Waals surface area contributed by atoms with Gasteiger partial charge in [0.15, 0.2) is 0 Å². The fourth-order valence-corrected chi connectivity index (χ4v) is 5.37. The van der Waals surface area contributed by atoms with E-state index < -0.39 is 10.0 Å². The minimum atomic E-state index is -3.72. The number of aryl methyl sites for hydroxylation is 1. The number of hydrogen-bond acceptors (Lipinski definition) is 4. The van der Waals surface area contributed by atoms with Gasteiger partial charge in [-0.25, -0.2) is 8.42 Å². The molecule has 2 N–H and O–H groups in total. The number of hydrogen-bond donors (Lipinski definition) is 2. The molecule has 3 rings (SSSR count). The van der Waals surface area contributed by atoms with Crippen molar-refractivity contribution in [3.05, 3.63) is 87.9 Å². The summed E-state index contributed by atoms with van der Waals surface area (Å²) in [4.78, 5) is 12.3. The summed E-state index contributed by atoms with van der Waals surface area (Å²) in [5.41, 5.74) is 2.75. The molecule has 31 heavy (non-hydrogen) atoms.